The third-order valence-electron chi connectivity index (χ3n) is 5.28. The largest absolute Gasteiger partial charge is 0.338 e. The Hall–Kier alpha value is -1.86. The minimum absolute atomic E-state index is 0.0879. The van der Waals surface area contributed by atoms with Crippen molar-refractivity contribution in [1.29, 1.82) is 0 Å². The number of nitrogens with one attached hydrogen (secondary N) is 1. The monoisotopic (exact) mass is 373 g/mol. The summed E-state index contributed by atoms with van der Waals surface area (Å²) in [5, 5.41) is 7.62. The van der Waals surface area contributed by atoms with Crippen LogP contribution in [0.5, 0.6) is 0 Å². The van der Waals surface area contributed by atoms with Crippen LogP contribution in [0.4, 0.5) is 4.79 Å². The minimum Gasteiger partial charge on any atom is -0.338 e. The number of urea groups is 1. The second-order valence-electron chi connectivity index (χ2n) is 7.32. The van der Waals surface area contributed by atoms with Crippen molar-refractivity contribution in [1.82, 2.24) is 24.9 Å². The number of fused-ring (bicyclic) bond motifs is 1. The molecule has 1 unspecified atom stereocenters. The summed E-state index contributed by atoms with van der Waals surface area (Å²) in [5.74, 6) is 0. The van der Waals surface area contributed by atoms with Crippen LogP contribution in [0.3, 0.4) is 0 Å². The van der Waals surface area contributed by atoms with Crippen molar-refractivity contribution in [3.63, 3.8) is 0 Å². The van der Waals surface area contributed by atoms with Crippen LogP contribution >= 0.6 is 11.3 Å². The number of carbonyl (C=O) groups excluding carboxylic acids is 1. The Morgan fingerprint density at radius 1 is 1.31 bits per heavy atom. The number of thiophene rings is 1. The van der Waals surface area contributed by atoms with Crippen molar-refractivity contribution in [3.8, 4) is 0 Å². The smallest absolute Gasteiger partial charge is 0.317 e. The van der Waals surface area contributed by atoms with Crippen molar-refractivity contribution in [2.75, 3.05) is 26.2 Å². The average Bonchev–Trinajstić information content (AvgIpc) is 3.36. The highest BCUT2D eigenvalue weighted by Crippen LogP contribution is 2.26. The van der Waals surface area contributed by atoms with Crippen LogP contribution in [0.25, 0.3) is 0 Å². The van der Waals surface area contributed by atoms with E-state index in [1.165, 1.54) is 15.4 Å². The van der Waals surface area contributed by atoms with Crippen molar-refractivity contribution in [2.24, 2.45) is 0 Å². The zero-order valence-corrected chi connectivity index (χ0v) is 16.2. The third kappa shape index (κ3) is 3.94. The van der Waals surface area contributed by atoms with Gasteiger partial charge in [-0.2, -0.15) is 5.10 Å². The Bertz CT molecular complexity index is 749. The van der Waals surface area contributed by atoms with Crippen molar-refractivity contribution >= 4 is 17.4 Å². The lowest BCUT2D eigenvalue weighted by Crippen LogP contribution is -2.41. The number of aromatic nitrogens is 2. The Balaban J connectivity index is 1.34. The molecule has 2 aromatic heterocycles. The second-order valence-corrected chi connectivity index (χ2v) is 8.69. The molecule has 0 radical (unpaired) electrons. The number of carbonyl (C=O) groups is 1. The number of hydrogen-bond acceptors (Lipinski definition) is 4. The Morgan fingerprint density at radius 3 is 2.92 bits per heavy atom. The van der Waals surface area contributed by atoms with Gasteiger partial charge in [0.25, 0.3) is 0 Å². The molecule has 1 fully saturated rings. The molecule has 2 aliphatic heterocycles. The van der Waals surface area contributed by atoms with Gasteiger partial charge in [-0.05, 0) is 44.4 Å². The maximum Gasteiger partial charge on any atom is 0.317 e. The van der Waals surface area contributed by atoms with Gasteiger partial charge in [0.1, 0.15) is 0 Å². The molecular weight excluding hydrogens is 346 g/mol. The highest BCUT2D eigenvalue weighted by atomic mass is 32.1. The van der Waals surface area contributed by atoms with Gasteiger partial charge in [0.05, 0.1) is 11.7 Å². The standard InChI is InChI=1S/C19H27N5OS/c1-15-4-5-18(26-15)14-22-12-16(24-17(13-22)7-9-21-24)6-8-20-19(25)23-10-2-3-11-23/h4-5,7,9,16H,2-3,6,8,10-14H2,1H3,(H,20,25). The fourth-order valence-electron chi connectivity index (χ4n) is 3.97. The predicted octanol–water partition coefficient (Wildman–Crippen LogP) is 3.01. The van der Waals surface area contributed by atoms with E-state index in [1.54, 1.807) is 0 Å². The lowest BCUT2D eigenvalue weighted by molar-refractivity contribution is 0.161. The first-order chi connectivity index (χ1) is 12.7. The number of nitrogens with zero attached hydrogens (tertiary/aromatic N) is 4. The first kappa shape index (κ1) is 17.5. The number of rotatable bonds is 5. The summed E-state index contributed by atoms with van der Waals surface area (Å²) in [7, 11) is 0. The highest BCUT2D eigenvalue weighted by Gasteiger charge is 2.26. The maximum absolute atomic E-state index is 12.2. The van der Waals surface area contributed by atoms with Gasteiger partial charge in [0, 0.05) is 55.2 Å². The summed E-state index contributed by atoms with van der Waals surface area (Å²) < 4.78 is 2.15. The molecule has 6 nitrogen and oxygen atoms in total. The zero-order valence-electron chi connectivity index (χ0n) is 15.4. The molecule has 1 N–H and O–H groups in total. The lowest BCUT2D eigenvalue weighted by Gasteiger charge is -2.33. The Labute approximate surface area is 158 Å². The van der Waals surface area contributed by atoms with Crippen molar-refractivity contribution in [2.45, 2.75) is 45.3 Å². The van der Waals surface area contributed by atoms with E-state index in [-0.39, 0.29) is 6.03 Å². The number of amides is 2. The van der Waals surface area contributed by atoms with E-state index in [0.29, 0.717) is 12.6 Å². The molecule has 0 aliphatic carbocycles. The van der Waals surface area contributed by atoms with E-state index in [1.807, 2.05) is 22.4 Å². The van der Waals surface area contributed by atoms with Gasteiger partial charge < -0.3 is 10.2 Å². The zero-order chi connectivity index (χ0) is 17.9. The maximum atomic E-state index is 12.2. The highest BCUT2D eigenvalue weighted by molar-refractivity contribution is 7.11. The summed E-state index contributed by atoms with van der Waals surface area (Å²) in [6.07, 6.45) is 5.06. The Kier molecular flexibility index (Phi) is 5.26. The second kappa shape index (κ2) is 7.80. The summed E-state index contributed by atoms with van der Waals surface area (Å²) in [6, 6.07) is 6.94. The van der Waals surface area contributed by atoms with Gasteiger partial charge in [0.2, 0.25) is 0 Å². The van der Waals surface area contributed by atoms with E-state index in [2.05, 4.69) is 45.1 Å². The quantitative estimate of drug-likeness (QED) is 0.877. The fourth-order valence-corrected chi connectivity index (χ4v) is 4.90. The molecule has 0 bridgehead atoms. The van der Waals surface area contributed by atoms with E-state index >= 15 is 0 Å². The molecule has 4 rings (SSSR count). The molecule has 2 aromatic rings. The number of likely N-dealkylation sites (tertiary alicyclic amines) is 1. The number of aryl methyl sites for hydroxylation is 1. The normalized spacial score (nSPS) is 20.3. The molecule has 2 amide bonds. The van der Waals surface area contributed by atoms with Gasteiger partial charge in [0.15, 0.2) is 0 Å². The van der Waals surface area contributed by atoms with E-state index in [9.17, 15) is 4.79 Å². The average molecular weight is 374 g/mol. The van der Waals surface area contributed by atoms with Crippen LogP contribution in [0.15, 0.2) is 24.4 Å². The molecule has 1 atom stereocenters. The summed E-state index contributed by atoms with van der Waals surface area (Å²) in [4.78, 5) is 19.4. The fraction of sp³-hybridized carbons (Fsp3) is 0.579. The van der Waals surface area contributed by atoms with Crippen LogP contribution in [0.1, 0.15) is 40.8 Å². The van der Waals surface area contributed by atoms with E-state index in [4.69, 9.17) is 0 Å². The molecule has 140 valence electrons. The SMILES string of the molecule is Cc1ccc(CN2Cc3ccnn3C(CCNC(=O)N3CCCC3)C2)s1. The summed E-state index contributed by atoms with van der Waals surface area (Å²) >= 11 is 1.88. The minimum atomic E-state index is 0.0879. The first-order valence-electron chi connectivity index (χ1n) is 9.52. The van der Waals surface area contributed by atoms with Crippen LogP contribution in [-0.4, -0.2) is 51.8 Å². The van der Waals surface area contributed by atoms with Crippen LogP contribution in [0.2, 0.25) is 0 Å². The predicted molar refractivity (Wildman–Crippen MR) is 103 cm³/mol. The van der Waals surface area contributed by atoms with Gasteiger partial charge in [-0.25, -0.2) is 4.79 Å². The van der Waals surface area contributed by atoms with Crippen molar-refractivity contribution in [3.05, 3.63) is 39.8 Å². The van der Waals surface area contributed by atoms with Gasteiger partial charge in [-0.15, -0.1) is 11.3 Å². The van der Waals surface area contributed by atoms with Gasteiger partial charge >= 0.3 is 6.03 Å². The molecule has 2 aliphatic rings. The van der Waals surface area contributed by atoms with Crippen LogP contribution in [-0.2, 0) is 13.1 Å². The first-order valence-corrected chi connectivity index (χ1v) is 10.3. The van der Waals surface area contributed by atoms with Crippen LogP contribution in [0, 0.1) is 6.92 Å². The topological polar surface area (TPSA) is 53.4 Å². The summed E-state index contributed by atoms with van der Waals surface area (Å²) in [5.41, 5.74) is 1.26. The lowest BCUT2D eigenvalue weighted by atomic mass is 10.1. The summed E-state index contributed by atoms with van der Waals surface area (Å²) in [6.45, 7) is 7.55. The Morgan fingerprint density at radius 2 is 2.15 bits per heavy atom. The molecule has 4 heterocycles. The van der Waals surface area contributed by atoms with Crippen molar-refractivity contribution < 1.29 is 4.79 Å². The molecule has 0 spiro atoms. The molecular formula is C19H27N5OS. The number of hydrogen-bond donors (Lipinski definition) is 1. The van der Waals surface area contributed by atoms with E-state index in [0.717, 1.165) is 52.0 Å². The molecule has 26 heavy (non-hydrogen) atoms. The molecule has 1 saturated heterocycles. The van der Waals surface area contributed by atoms with Gasteiger partial charge in [-0.3, -0.25) is 9.58 Å². The molecule has 0 aromatic carbocycles. The third-order valence-corrected chi connectivity index (χ3v) is 6.26. The van der Waals surface area contributed by atoms with Gasteiger partial charge in [-0.1, -0.05) is 0 Å². The van der Waals surface area contributed by atoms with Crippen LogP contribution < -0.4 is 5.32 Å². The van der Waals surface area contributed by atoms with E-state index < -0.39 is 0 Å². The molecule has 0 saturated carbocycles. The molecule has 7 heteroatoms.